The fourth-order valence-electron chi connectivity index (χ4n) is 4.22. The summed E-state index contributed by atoms with van der Waals surface area (Å²) in [7, 11) is 0.366. The normalized spacial score (nSPS) is 32.5. The molecule has 0 aromatic carbocycles. The summed E-state index contributed by atoms with van der Waals surface area (Å²) in [5, 5.41) is 10.3. The first kappa shape index (κ1) is 20.0. The molecule has 2 aliphatic heterocycles. The summed E-state index contributed by atoms with van der Waals surface area (Å²) in [6, 6.07) is 5.41. The van der Waals surface area contributed by atoms with E-state index in [0.717, 1.165) is 29.3 Å². The zero-order chi connectivity index (χ0) is 19.3. The molecule has 1 aromatic rings. The third kappa shape index (κ3) is 3.39. The largest absolute Gasteiger partial charge is 0.412 e. The van der Waals surface area contributed by atoms with Gasteiger partial charge in [-0.3, -0.25) is 9.88 Å². The maximum atomic E-state index is 10.1. The number of likely N-dealkylation sites (N-methyl/N-ethyl adjacent to an activating group) is 1. The zero-order valence-corrected chi connectivity index (χ0v) is 19.3. The minimum Gasteiger partial charge on any atom is -0.412 e. The number of fused-ring (bicyclic) bond motifs is 2. The van der Waals surface area contributed by atoms with Gasteiger partial charge in [-0.25, -0.2) is 0 Å². The highest BCUT2D eigenvalue weighted by molar-refractivity contribution is 9.10. The van der Waals surface area contributed by atoms with Gasteiger partial charge in [0.15, 0.2) is 8.32 Å². The Morgan fingerprint density at radius 2 is 2.04 bits per heavy atom. The number of pyridine rings is 1. The van der Waals surface area contributed by atoms with Crippen LogP contribution in [0.3, 0.4) is 0 Å². The average molecular weight is 436 g/mol. The van der Waals surface area contributed by atoms with Crippen molar-refractivity contribution in [2.24, 2.45) is 0 Å². The molecule has 0 N–H and O–H groups in total. The molecule has 0 radical (unpaired) electrons. The highest BCUT2D eigenvalue weighted by Gasteiger charge is 2.54. The number of piperidine rings is 1. The molecule has 4 atom stereocenters. The summed E-state index contributed by atoms with van der Waals surface area (Å²) in [4.78, 5) is 6.77. The van der Waals surface area contributed by atoms with Crippen LogP contribution in [0.15, 0.2) is 22.9 Å². The maximum absolute atomic E-state index is 10.1. The fraction of sp³-hybridized carbons (Fsp3) is 0.700. The summed E-state index contributed by atoms with van der Waals surface area (Å²) < 4.78 is 7.74. The third-order valence-electron chi connectivity index (χ3n) is 6.90. The van der Waals surface area contributed by atoms with Gasteiger partial charge in [-0.2, -0.15) is 5.26 Å². The van der Waals surface area contributed by atoms with Gasteiger partial charge in [0.2, 0.25) is 0 Å². The van der Waals surface area contributed by atoms with Crippen molar-refractivity contribution in [1.29, 1.82) is 5.26 Å². The standard InChI is InChI=1S/C20H30BrN3OSi/c1-19(2,3)26(5,6)25-18-8-16-9-20(13-22,10-17(18)24(16)4)14-7-15(21)12-23-11-14/h7,11-12,16-18H,8-10H2,1-6H3. The Hall–Kier alpha value is -0.743. The van der Waals surface area contributed by atoms with E-state index in [1.165, 1.54) is 0 Å². The maximum Gasteiger partial charge on any atom is 0.192 e. The van der Waals surface area contributed by atoms with Crippen molar-refractivity contribution < 1.29 is 4.43 Å². The van der Waals surface area contributed by atoms with Crippen LogP contribution in [0.4, 0.5) is 0 Å². The van der Waals surface area contributed by atoms with Gasteiger partial charge in [0.05, 0.1) is 17.6 Å². The Morgan fingerprint density at radius 1 is 1.35 bits per heavy atom. The van der Waals surface area contributed by atoms with Crippen molar-refractivity contribution in [2.45, 2.75) is 81.8 Å². The molecule has 2 saturated heterocycles. The lowest BCUT2D eigenvalue weighted by Gasteiger charge is -2.44. The first-order valence-electron chi connectivity index (χ1n) is 9.41. The van der Waals surface area contributed by atoms with E-state index in [9.17, 15) is 5.26 Å². The lowest BCUT2D eigenvalue weighted by molar-refractivity contribution is 0.0857. The average Bonchev–Trinajstić information content (AvgIpc) is 2.72. The van der Waals surface area contributed by atoms with Crippen LogP contribution in [-0.4, -0.2) is 43.4 Å². The Bertz CT molecular complexity index is 727. The molecule has 2 aliphatic rings. The van der Waals surface area contributed by atoms with Crippen LogP contribution < -0.4 is 0 Å². The lowest BCUT2D eigenvalue weighted by Crippen LogP contribution is -2.51. The van der Waals surface area contributed by atoms with Crippen LogP contribution in [0.2, 0.25) is 18.1 Å². The zero-order valence-electron chi connectivity index (χ0n) is 16.7. The quantitative estimate of drug-likeness (QED) is 0.635. The number of nitriles is 1. The van der Waals surface area contributed by atoms with Crippen LogP contribution in [0.25, 0.3) is 0 Å². The second-order valence-corrected chi connectivity index (χ2v) is 15.2. The number of hydrogen-bond donors (Lipinski definition) is 0. The molecular weight excluding hydrogens is 406 g/mol. The number of nitrogens with zero attached hydrogens (tertiary/aromatic N) is 3. The molecule has 6 heteroatoms. The van der Waals surface area contributed by atoms with E-state index in [1.807, 2.05) is 6.20 Å². The summed E-state index contributed by atoms with van der Waals surface area (Å²) in [5.41, 5.74) is 0.565. The highest BCUT2D eigenvalue weighted by atomic mass is 79.9. The van der Waals surface area contributed by atoms with E-state index in [0.29, 0.717) is 12.1 Å². The van der Waals surface area contributed by atoms with Crippen molar-refractivity contribution >= 4 is 24.2 Å². The molecule has 2 bridgehead atoms. The van der Waals surface area contributed by atoms with Crippen molar-refractivity contribution in [2.75, 3.05) is 7.05 Å². The molecule has 4 nitrogen and oxygen atoms in total. The summed E-state index contributed by atoms with van der Waals surface area (Å²) >= 11 is 3.51. The van der Waals surface area contributed by atoms with Crippen LogP contribution >= 0.6 is 15.9 Å². The predicted molar refractivity (Wildman–Crippen MR) is 110 cm³/mol. The SMILES string of the molecule is CN1C2CC(O[Si](C)(C)C(C)(C)C)C1CC(C#N)(c1cncc(Br)c1)C2. The Balaban J connectivity index is 1.89. The van der Waals surface area contributed by atoms with Gasteiger partial charge in [0, 0.05) is 29.0 Å². The van der Waals surface area contributed by atoms with Crippen molar-refractivity contribution in [3.63, 3.8) is 0 Å². The molecule has 4 unspecified atom stereocenters. The van der Waals surface area contributed by atoms with E-state index in [2.05, 4.69) is 78.9 Å². The monoisotopic (exact) mass is 435 g/mol. The molecule has 3 rings (SSSR count). The van der Waals surface area contributed by atoms with Crippen LogP contribution in [0.1, 0.15) is 45.6 Å². The van der Waals surface area contributed by atoms with Crippen molar-refractivity contribution in [3.8, 4) is 6.07 Å². The molecule has 0 amide bonds. The molecule has 2 fully saturated rings. The molecule has 0 spiro atoms. The van der Waals surface area contributed by atoms with Crippen LogP contribution in [0, 0.1) is 11.3 Å². The molecular formula is C20H30BrN3OSi. The van der Waals surface area contributed by atoms with Crippen LogP contribution in [-0.2, 0) is 9.84 Å². The smallest absolute Gasteiger partial charge is 0.192 e. The molecule has 26 heavy (non-hydrogen) atoms. The predicted octanol–water partition coefficient (Wildman–Crippen LogP) is 4.86. The van der Waals surface area contributed by atoms with E-state index >= 15 is 0 Å². The van der Waals surface area contributed by atoms with Gasteiger partial charge >= 0.3 is 0 Å². The second kappa shape index (κ2) is 6.70. The topological polar surface area (TPSA) is 49.1 Å². The molecule has 0 aliphatic carbocycles. The summed E-state index contributed by atoms with van der Waals surface area (Å²) in [6.07, 6.45) is 6.56. The van der Waals surface area contributed by atoms with Crippen LogP contribution in [0.5, 0.6) is 0 Å². The number of aromatic nitrogens is 1. The Labute approximate surface area is 167 Å². The molecule has 1 aromatic heterocycles. The van der Waals surface area contributed by atoms with E-state index < -0.39 is 13.7 Å². The molecule has 0 saturated carbocycles. The first-order valence-corrected chi connectivity index (χ1v) is 13.1. The lowest BCUT2D eigenvalue weighted by atomic mass is 9.71. The fourth-order valence-corrected chi connectivity index (χ4v) is 5.95. The van der Waals surface area contributed by atoms with E-state index in [4.69, 9.17) is 4.43 Å². The highest BCUT2D eigenvalue weighted by Crippen LogP contribution is 2.49. The van der Waals surface area contributed by atoms with Gasteiger partial charge in [-0.15, -0.1) is 0 Å². The van der Waals surface area contributed by atoms with E-state index in [1.54, 1.807) is 6.20 Å². The number of halogens is 1. The minimum absolute atomic E-state index is 0.197. The minimum atomic E-state index is -1.83. The Kier molecular flexibility index (Phi) is 5.15. The van der Waals surface area contributed by atoms with Gasteiger partial charge in [-0.1, -0.05) is 20.8 Å². The van der Waals surface area contributed by atoms with Crippen molar-refractivity contribution in [1.82, 2.24) is 9.88 Å². The third-order valence-corrected chi connectivity index (χ3v) is 11.8. The van der Waals surface area contributed by atoms with Gasteiger partial charge in [-0.05, 0) is 72.0 Å². The Morgan fingerprint density at radius 3 is 2.62 bits per heavy atom. The summed E-state index contributed by atoms with van der Waals surface area (Å²) in [5.74, 6) is 0. The second-order valence-electron chi connectivity index (χ2n) is 9.53. The van der Waals surface area contributed by atoms with Gasteiger partial charge in [0.1, 0.15) is 0 Å². The van der Waals surface area contributed by atoms with Crippen molar-refractivity contribution in [3.05, 3.63) is 28.5 Å². The van der Waals surface area contributed by atoms with E-state index in [-0.39, 0.29) is 11.1 Å². The number of rotatable bonds is 3. The number of hydrogen-bond acceptors (Lipinski definition) is 4. The molecule has 142 valence electrons. The first-order chi connectivity index (χ1) is 12.0. The van der Waals surface area contributed by atoms with Gasteiger partial charge in [0.25, 0.3) is 0 Å². The van der Waals surface area contributed by atoms with Gasteiger partial charge < -0.3 is 4.43 Å². The molecule has 3 heterocycles. The summed E-state index contributed by atoms with van der Waals surface area (Å²) in [6.45, 7) is 11.5.